The van der Waals surface area contributed by atoms with Gasteiger partial charge in [-0.25, -0.2) is 9.78 Å². The minimum atomic E-state index is -0.363. The molecule has 0 saturated carbocycles. The summed E-state index contributed by atoms with van der Waals surface area (Å²) in [7, 11) is 1.34. The highest BCUT2D eigenvalue weighted by Gasteiger charge is 2.00. The predicted octanol–water partition coefficient (Wildman–Crippen LogP) is 1.88. The molecule has 1 heterocycles. The van der Waals surface area contributed by atoms with Crippen molar-refractivity contribution in [1.82, 2.24) is 9.36 Å². The van der Waals surface area contributed by atoms with Crippen molar-refractivity contribution in [2.24, 2.45) is 0 Å². The Hall–Kier alpha value is -0.880. The van der Waals surface area contributed by atoms with Gasteiger partial charge in [-0.1, -0.05) is 18.7 Å². The molecule has 6 heteroatoms. The van der Waals surface area contributed by atoms with Crippen LogP contribution in [0.4, 0.5) is 0 Å². The first-order valence-corrected chi connectivity index (χ1v) is 5.65. The number of esters is 1. The van der Waals surface area contributed by atoms with Gasteiger partial charge in [0.25, 0.3) is 0 Å². The highest BCUT2D eigenvalue weighted by molar-refractivity contribution is 8.03. The van der Waals surface area contributed by atoms with Gasteiger partial charge < -0.3 is 4.74 Å². The molecule has 0 N–H and O–H groups in total. The normalized spacial score (nSPS) is 10.7. The third-order valence-electron chi connectivity index (χ3n) is 1.34. The van der Waals surface area contributed by atoms with E-state index in [0.717, 1.165) is 16.6 Å². The number of ether oxygens (including phenoxy) is 1. The molecule has 0 aliphatic carbocycles. The van der Waals surface area contributed by atoms with Crippen molar-refractivity contribution in [3.8, 4) is 0 Å². The average molecular weight is 230 g/mol. The summed E-state index contributed by atoms with van der Waals surface area (Å²) in [4.78, 5) is 14.9. The molecule has 4 nitrogen and oxygen atoms in total. The van der Waals surface area contributed by atoms with Crippen LogP contribution in [0.15, 0.2) is 15.8 Å². The van der Waals surface area contributed by atoms with E-state index < -0.39 is 0 Å². The van der Waals surface area contributed by atoms with Crippen LogP contribution in [0.25, 0.3) is 0 Å². The van der Waals surface area contributed by atoms with Gasteiger partial charge >= 0.3 is 5.97 Å². The Morgan fingerprint density at radius 3 is 3.07 bits per heavy atom. The first-order chi connectivity index (χ1) is 6.76. The molecule has 1 aromatic heterocycles. The van der Waals surface area contributed by atoms with Gasteiger partial charge in [-0.2, -0.15) is 4.37 Å². The molecule has 0 bridgehead atoms. The monoisotopic (exact) mass is 230 g/mol. The number of hydrogen-bond donors (Lipinski definition) is 0. The van der Waals surface area contributed by atoms with Crippen molar-refractivity contribution < 1.29 is 9.53 Å². The zero-order valence-corrected chi connectivity index (χ0v) is 9.52. The molecule has 0 atom stereocenters. The lowest BCUT2D eigenvalue weighted by atomic mass is 10.5. The number of methoxy groups -OCH3 is 1. The number of aryl methyl sites for hydroxylation is 1. The molecular weight excluding hydrogens is 220 g/mol. The summed E-state index contributed by atoms with van der Waals surface area (Å²) < 4.78 is 9.39. The van der Waals surface area contributed by atoms with Gasteiger partial charge in [-0.05, 0) is 16.9 Å². The van der Waals surface area contributed by atoms with Crippen LogP contribution in [0.1, 0.15) is 12.7 Å². The van der Waals surface area contributed by atoms with E-state index in [1.165, 1.54) is 36.5 Å². The summed E-state index contributed by atoms with van der Waals surface area (Å²) in [5, 5.41) is 1.64. The minimum absolute atomic E-state index is 0.363. The lowest BCUT2D eigenvalue weighted by Crippen LogP contribution is -1.92. The molecule has 0 aliphatic heterocycles. The zero-order chi connectivity index (χ0) is 10.4. The van der Waals surface area contributed by atoms with Crippen LogP contribution in [0.2, 0.25) is 0 Å². The third-order valence-corrected chi connectivity index (χ3v) is 2.97. The van der Waals surface area contributed by atoms with E-state index >= 15 is 0 Å². The van der Waals surface area contributed by atoms with E-state index in [1.54, 1.807) is 5.41 Å². The van der Waals surface area contributed by atoms with Crippen molar-refractivity contribution in [2.75, 3.05) is 7.11 Å². The molecular formula is C8H10N2O2S2. The Labute approximate surface area is 90.6 Å². The van der Waals surface area contributed by atoms with Crippen molar-refractivity contribution >= 4 is 29.3 Å². The maximum Gasteiger partial charge on any atom is 0.330 e. The van der Waals surface area contributed by atoms with Gasteiger partial charge in [-0.15, -0.1) is 0 Å². The van der Waals surface area contributed by atoms with E-state index in [-0.39, 0.29) is 5.97 Å². The molecule has 14 heavy (non-hydrogen) atoms. The van der Waals surface area contributed by atoms with Crippen molar-refractivity contribution in [3.05, 3.63) is 17.3 Å². The first kappa shape index (κ1) is 11.2. The fraction of sp³-hybridized carbons (Fsp3) is 0.375. The molecule has 0 fully saturated rings. The molecule has 76 valence electrons. The fourth-order valence-corrected chi connectivity index (χ4v) is 2.05. The van der Waals surface area contributed by atoms with E-state index in [9.17, 15) is 4.79 Å². The number of carbonyl (C=O) groups excluding carboxylic acids is 1. The lowest BCUT2D eigenvalue weighted by molar-refractivity contribution is -0.134. The molecule has 0 saturated heterocycles. The van der Waals surface area contributed by atoms with Gasteiger partial charge in [0.1, 0.15) is 5.82 Å². The maximum atomic E-state index is 10.7. The number of carbonyl (C=O) groups is 1. The summed E-state index contributed by atoms with van der Waals surface area (Å²) in [5.74, 6) is 0.474. The molecule has 0 amide bonds. The van der Waals surface area contributed by atoms with Crippen molar-refractivity contribution in [3.63, 3.8) is 0 Å². The highest BCUT2D eigenvalue weighted by Crippen LogP contribution is 2.21. The lowest BCUT2D eigenvalue weighted by Gasteiger charge is -1.88. The predicted molar refractivity (Wildman–Crippen MR) is 56.3 cm³/mol. The number of nitrogens with zero attached hydrogens (tertiary/aromatic N) is 2. The van der Waals surface area contributed by atoms with Gasteiger partial charge in [0.15, 0.2) is 4.34 Å². The zero-order valence-electron chi connectivity index (χ0n) is 7.89. The number of rotatable bonds is 4. The fourth-order valence-electron chi connectivity index (χ4n) is 0.645. The van der Waals surface area contributed by atoms with Crippen LogP contribution in [-0.2, 0) is 16.0 Å². The van der Waals surface area contributed by atoms with E-state index in [1.807, 2.05) is 6.92 Å². The van der Waals surface area contributed by atoms with Crippen LogP contribution in [0.3, 0.4) is 0 Å². The minimum Gasteiger partial charge on any atom is -0.466 e. The van der Waals surface area contributed by atoms with E-state index in [4.69, 9.17) is 0 Å². The van der Waals surface area contributed by atoms with Gasteiger partial charge in [0.2, 0.25) is 0 Å². The van der Waals surface area contributed by atoms with Crippen LogP contribution in [0.5, 0.6) is 0 Å². The average Bonchev–Trinajstić information content (AvgIpc) is 2.65. The quantitative estimate of drug-likeness (QED) is 0.449. The molecule has 1 aromatic rings. The molecule has 0 aromatic carbocycles. The Morgan fingerprint density at radius 2 is 2.50 bits per heavy atom. The Kier molecular flexibility index (Phi) is 4.61. The molecule has 1 rings (SSSR count). The summed E-state index contributed by atoms with van der Waals surface area (Å²) in [5.41, 5.74) is 0. The molecule has 0 radical (unpaired) electrons. The molecule has 0 aliphatic rings. The summed E-state index contributed by atoms with van der Waals surface area (Å²) in [6.07, 6.45) is 2.19. The molecule has 0 unspecified atom stereocenters. The van der Waals surface area contributed by atoms with Crippen molar-refractivity contribution in [1.29, 1.82) is 0 Å². The second-order valence-corrected chi connectivity index (χ2v) is 4.18. The van der Waals surface area contributed by atoms with Crippen LogP contribution >= 0.6 is 23.3 Å². The Bertz CT molecular complexity index is 336. The number of thioether (sulfide) groups is 1. The first-order valence-electron chi connectivity index (χ1n) is 4.00. The van der Waals surface area contributed by atoms with Crippen LogP contribution in [-0.4, -0.2) is 22.4 Å². The van der Waals surface area contributed by atoms with Gasteiger partial charge in [0, 0.05) is 12.5 Å². The molecule has 0 spiro atoms. The standard InChI is InChI=1S/C8H10N2O2S2/c1-3-6-9-8(14-10-6)13-5-4-7(11)12-2/h4-5H,3H2,1-2H3. The largest absolute Gasteiger partial charge is 0.466 e. The summed E-state index contributed by atoms with van der Waals surface area (Å²) >= 11 is 2.70. The maximum absolute atomic E-state index is 10.7. The van der Waals surface area contributed by atoms with Gasteiger partial charge in [0.05, 0.1) is 7.11 Å². The summed E-state index contributed by atoms with van der Waals surface area (Å²) in [6, 6.07) is 0. The van der Waals surface area contributed by atoms with Crippen molar-refractivity contribution in [2.45, 2.75) is 17.7 Å². The topological polar surface area (TPSA) is 52.1 Å². The van der Waals surface area contributed by atoms with E-state index in [2.05, 4.69) is 14.1 Å². The SMILES string of the molecule is CCc1nsc(SC=CC(=O)OC)n1. The smallest absolute Gasteiger partial charge is 0.330 e. The summed E-state index contributed by atoms with van der Waals surface area (Å²) in [6.45, 7) is 2.00. The van der Waals surface area contributed by atoms with Crippen LogP contribution < -0.4 is 0 Å². The third kappa shape index (κ3) is 3.47. The number of hydrogen-bond acceptors (Lipinski definition) is 6. The second-order valence-electron chi connectivity index (χ2n) is 2.27. The highest BCUT2D eigenvalue weighted by atomic mass is 32.2. The number of aromatic nitrogens is 2. The Balaban J connectivity index is 2.45. The van der Waals surface area contributed by atoms with Gasteiger partial charge in [-0.3, -0.25) is 0 Å². The second kappa shape index (κ2) is 5.77. The van der Waals surface area contributed by atoms with E-state index in [0.29, 0.717) is 0 Å². The Morgan fingerprint density at radius 1 is 1.71 bits per heavy atom. The van der Waals surface area contributed by atoms with Crippen LogP contribution in [0, 0.1) is 0 Å².